The number of aliphatic hydroxyl groups is 1. The first-order valence-corrected chi connectivity index (χ1v) is 7.05. The van der Waals surface area contributed by atoms with Gasteiger partial charge in [-0.3, -0.25) is 0 Å². The molecule has 1 atom stereocenters. The number of benzene rings is 2. The fourth-order valence-electron chi connectivity index (χ4n) is 1.76. The topological polar surface area (TPSA) is 20.2 Å². The Hall–Kier alpha value is -0.790. The summed E-state index contributed by atoms with van der Waals surface area (Å²) < 4.78 is 38.2. The second-order valence-corrected chi connectivity index (χ2v) is 5.79. The lowest BCUT2D eigenvalue weighted by Gasteiger charge is -2.15. The van der Waals surface area contributed by atoms with Crippen LogP contribution in [-0.4, -0.2) is 5.11 Å². The van der Waals surface area contributed by atoms with Crippen LogP contribution in [-0.2, 0) is 6.18 Å². The van der Waals surface area contributed by atoms with Crippen molar-refractivity contribution in [2.75, 3.05) is 0 Å². The van der Waals surface area contributed by atoms with E-state index in [1.807, 2.05) is 22.6 Å². The zero-order valence-electron chi connectivity index (χ0n) is 9.96. The Morgan fingerprint density at radius 3 is 2.20 bits per heavy atom. The van der Waals surface area contributed by atoms with Gasteiger partial charge in [0.2, 0.25) is 0 Å². The van der Waals surface area contributed by atoms with E-state index < -0.39 is 17.8 Å². The van der Waals surface area contributed by atoms with Crippen molar-refractivity contribution in [3.8, 4) is 0 Å². The lowest BCUT2D eigenvalue weighted by molar-refractivity contribution is -0.137. The molecule has 0 aliphatic heterocycles. The van der Waals surface area contributed by atoms with Gasteiger partial charge in [0.05, 0.1) is 5.56 Å². The van der Waals surface area contributed by atoms with Crippen LogP contribution in [0.25, 0.3) is 0 Å². The van der Waals surface area contributed by atoms with Gasteiger partial charge >= 0.3 is 6.18 Å². The highest BCUT2D eigenvalue weighted by Gasteiger charge is 2.30. The van der Waals surface area contributed by atoms with E-state index in [2.05, 4.69) is 0 Å². The lowest BCUT2D eigenvalue weighted by Crippen LogP contribution is -2.06. The van der Waals surface area contributed by atoms with Gasteiger partial charge in [-0.1, -0.05) is 23.7 Å². The maximum Gasteiger partial charge on any atom is 0.416 e. The van der Waals surface area contributed by atoms with E-state index in [9.17, 15) is 18.3 Å². The van der Waals surface area contributed by atoms with Crippen molar-refractivity contribution in [1.82, 2.24) is 0 Å². The molecule has 106 valence electrons. The molecule has 2 aromatic rings. The Kier molecular flexibility index (Phi) is 4.61. The van der Waals surface area contributed by atoms with Crippen LogP contribution in [0.3, 0.4) is 0 Å². The van der Waals surface area contributed by atoms with Crippen LogP contribution in [0.4, 0.5) is 13.2 Å². The van der Waals surface area contributed by atoms with E-state index in [-0.39, 0.29) is 0 Å². The molecule has 0 spiro atoms. The molecule has 0 saturated heterocycles. The van der Waals surface area contributed by atoms with Crippen molar-refractivity contribution in [2.24, 2.45) is 0 Å². The Morgan fingerprint density at radius 1 is 1.05 bits per heavy atom. The summed E-state index contributed by atoms with van der Waals surface area (Å²) in [7, 11) is 0. The summed E-state index contributed by atoms with van der Waals surface area (Å²) in [5, 5.41) is 10.7. The predicted molar refractivity (Wildman–Crippen MR) is 79.7 cm³/mol. The van der Waals surface area contributed by atoms with Crippen LogP contribution in [0.5, 0.6) is 0 Å². The first-order chi connectivity index (χ1) is 9.29. The Morgan fingerprint density at radius 2 is 1.65 bits per heavy atom. The summed E-state index contributed by atoms with van der Waals surface area (Å²) in [5.41, 5.74) is 0.213. The molecule has 0 aliphatic rings. The summed E-state index contributed by atoms with van der Waals surface area (Å²) in [6, 6.07) is 9.48. The summed E-state index contributed by atoms with van der Waals surface area (Å²) in [5.74, 6) is 0. The molecule has 20 heavy (non-hydrogen) atoms. The summed E-state index contributed by atoms with van der Waals surface area (Å²) in [4.78, 5) is 0. The average molecular weight is 413 g/mol. The van der Waals surface area contributed by atoms with E-state index in [0.717, 1.165) is 15.7 Å². The first-order valence-electron chi connectivity index (χ1n) is 5.59. The quantitative estimate of drug-likeness (QED) is 0.685. The summed E-state index contributed by atoms with van der Waals surface area (Å²) in [6.07, 6.45) is -5.39. The SMILES string of the molecule is OC(c1ccc(C(F)(F)F)cc1)c1cc(Cl)ccc1I. The van der Waals surface area contributed by atoms with Crippen LogP contribution in [0, 0.1) is 3.57 Å². The van der Waals surface area contributed by atoms with Crippen LogP contribution in [0.1, 0.15) is 22.8 Å². The molecule has 0 bridgehead atoms. The first kappa shape index (κ1) is 15.6. The molecule has 0 aromatic heterocycles. The van der Waals surface area contributed by atoms with Gasteiger partial charge in [-0.2, -0.15) is 13.2 Å². The number of alkyl halides is 3. The van der Waals surface area contributed by atoms with E-state index in [0.29, 0.717) is 16.1 Å². The summed E-state index contributed by atoms with van der Waals surface area (Å²) >= 11 is 7.91. The highest BCUT2D eigenvalue weighted by Crippen LogP contribution is 2.32. The highest BCUT2D eigenvalue weighted by atomic mass is 127. The second-order valence-electron chi connectivity index (χ2n) is 4.19. The van der Waals surface area contributed by atoms with Crippen molar-refractivity contribution in [3.63, 3.8) is 0 Å². The molecule has 0 saturated carbocycles. The Balaban J connectivity index is 2.34. The van der Waals surface area contributed by atoms with Gasteiger partial charge in [-0.25, -0.2) is 0 Å². The van der Waals surface area contributed by atoms with Gasteiger partial charge in [0.15, 0.2) is 0 Å². The third-order valence-electron chi connectivity index (χ3n) is 2.81. The van der Waals surface area contributed by atoms with Crippen LogP contribution >= 0.6 is 34.2 Å². The van der Waals surface area contributed by atoms with Crippen molar-refractivity contribution < 1.29 is 18.3 Å². The second kappa shape index (κ2) is 5.91. The van der Waals surface area contributed by atoms with Gasteiger partial charge in [-0.05, 0) is 64.0 Å². The third-order valence-corrected chi connectivity index (χ3v) is 4.02. The molecule has 0 heterocycles. The molecule has 1 N–H and O–H groups in total. The maximum atomic E-state index is 12.5. The van der Waals surface area contributed by atoms with Crippen LogP contribution in [0.2, 0.25) is 5.02 Å². The van der Waals surface area contributed by atoms with E-state index in [1.54, 1.807) is 18.2 Å². The van der Waals surface area contributed by atoms with Gasteiger partial charge in [0.1, 0.15) is 6.10 Å². The Labute approximate surface area is 132 Å². The largest absolute Gasteiger partial charge is 0.416 e. The standard InChI is InChI=1S/C14H9ClF3IO/c15-10-5-6-12(19)11(7-10)13(20)8-1-3-9(4-2-8)14(16,17)18/h1-7,13,20H. The number of rotatable bonds is 2. The molecular formula is C14H9ClF3IO. The number of hydrogen-bond acceptors (Lipinski definition) is 1. The van der Waals surface area contributed by atoms with E-state index >= 15 is 0 Å². The van der Waals surface area contributed by atoms with Crippen LogP contribution < -0.4 is 0 Å². The third kappa shape index (κ3) is 3.45. The fraction of sp³-hybridized carbons (Fsp3) is 0.143. The molecule has 2 aromatic carbocycles. The molecule has 0 fully saturated rings. The van der Waals surface area contributed by atoms with Crippen molar-refractivity contribution in [3.05, 3.63) is 67.7 Å². The maximum absolute atomic E-state index is 12.5. The van der Waals surface area contributed by atoms with Gasteiger partial charge < -0.3 is 5.11 Å². The average Bonchev–Trinajstić information content (AvgIpc) is 2.40. The van der Waals surface area contributed by atoms with Gasteiger partial charge in [0.25, 0.3) is 0 Å². The molecule has 0 aliphatic carbocycles. The minimum Gasteiger partial charge on any atom is -0.384 e. The van der Waals surface area contributed by atoms with Gasteiger partial charge in [-0.15, -0.1) is 0 Å². The lowest BCUT2D eigenvalue weighted by atomic mass is 10.0. The normalized spacial score (nSPS) is 13.3. The minimum absolute atomic E-state index is 0.387. The fourth-order valence-corrected chi connectivity index (χ4v) is 2.57. The van der Waals surface area contributed by atoms with Gasteiger partial charge in [0, 0.05) is 8.59 Å². The molecule has 0 amide bonds. The molecule has 1 unspecified atom stereocenters. The zero-order valence-corrected chi connectivity index (χ0v) is 12.9. The smallest absolute Gasteiger partial charge is 0.384 e. The Bertz CT molecular complexity index is 611. The zero-order chi connectivity index (χ0) is 14.9. The van der Waals surface area contributed by atoms with Crippen molar-refractivity contribution in [2.45, 2.75) is 12.3 Å². The predicted octanol–water partition coefficient (Wildman–Crippen LogP) is 5.05. The number of hydrogen-bond donors (Lipinski definition) is 1. The minimum atomic E-state index is -4.38. The molecule has 2 rings (SSSR count). The van der Waals surface area contributed by atoms with E-state index in [4.69, 9.17) is 11.6 Å². The number of aliphatic hydroxyl groups excluding tert-OH is 1. The highest BCUT2D eigenvalue weighted by molar-refractivity contribution is 14.1. The van der Waals surface area contributed by atoms with Crippen LogP contribution in [0.15, 0.2) is 42.5 Å². The van der Waals surface area contributed by atoms with Crippen molar-refractivity contribution in [1.29, 1.82) is 0 Å². The van der Waals surface area contributed by atoms with E-state index in [1.165, 1.54) is 12.1 Å². The summed E-state index contributed by atoms with van der Waals surface area (Å²) in [6.45, 7) is 0. The van der Waals surface area contributed by atoms with Crippen molar-refractivity contribution >= 4 is 34.2 Å². The molecule has 6 heteroatoms. The molecule has 1 nitrogen and oxygen atoms in total. The number of halogens is 5. The molecule has 0 radical (unpaired) electrons. The molecular weight excluding hydrogens is 404 g/mol. The monoisotopic (exact) mass is 412 g/mol.